The van der Waals surface area contributed by atoms with Crippen LogP contribution in [0.5, 0.6) is 11.5 Å². The van der Waals surface area contributed by atoms with E-state index in [0.29, 0.717) is 5.69 Å². The van der Waals surface area contributed by atoms with Gasteiger partial charge in [-0.05, 0) is 24.3 Å². The van der Waals surface area contributed by atoms with Crippen LogP contribution in [-0.2, 0) is 6.61 Å². The standard InChI is InChI=1S/C14H13F3N2O2/c1-18-10-6-7-19-11(8-10)9-20-12-4-2-3-5-13(12)21-14(15,16)17/h2-8H,9H2,1H3,(H,18,19). The van der Waals surface area contributed by atoms with Gasteiger partial charge in [0.25, 0.3) is 0 Å². The molecule has 0 fully saturated rings. The molecule has 1 aromatic carbocycles. The molecule has 0 unspecified atom stereocenters. The number of nitrogens with one attached hydrogen (secondary N) is 1. The summed E-state index contributed by atoms with van der Waals surface area (Å²) in [6.07, 6.45) is -3.17. The third-order valence-corrected chi connectivity index (χ3v) is 2.56. The number of nitrogens with zero attached hydrogens (tertiary/aromatic N) is 1. The number of hydrogen-bond acceptors (Lipinski definition) is 4. The van der Waals surface area contributed by atoms with Crippen LogP contribution in [0.1, 0.15) is 5.69 Å². The molecule has 0 saturated heterocycles. The molecule has 0 aliphatic rings. The zero-order valence-corrected chi connectivity index (χ0v) is 11.1. The Balaban J connectivity index is 2.09. The Morgan fingerprint density at radius 3 is 2.52 bits per heavy atom. The van der Waals surface area contributed by atoms with Crippen LogP contribution in [0, 0.1) is 0 Å². The average Bonchev–Trinajstić information content (AvgIpc) is 2.45. The van der Waals surface area contributed by atoms with Gasteiger partial charge in [0.15, 0.2) is 11.5 Å². The Morgan fingerprint density at radius 1 is 1.14 bits per heavy atom. The lowest BCUT2D eigenvalue weighted by molar-refractivity contribution is -0.275. The first-order valence-electron chi connectivity index (χ1n) is 6.08. The summed E-state index contributed by atoms with van der Waals surface area (Å²) in [6, 6.07) is 9.12. The van der Waals surface area contributed by atoms with Gasteiger partial charge in [-0.25, -0.2) is 0 Å². The maximum Gasteiger partial charge on any atom is 0.573 e. The molecule has 1 aromatic heterocycles. The van der Waals surface area contributed by atoms with Crippen LogP contribution < -0.4 is 14.8 Å². The van der Waals surface area contributed by atoms with Crippen molar-refractivity contribution in [2.24, 2.45) is 0 Å². The van der Waals surface area contributed by atoms with Crippen molar-refractivity contribution in [3.05, 3.63) is 48.3 Å². The van der Waals surface area contributed by atoms with Crippen LogP contribution in [0.2, 0.25) is 0 Å². The number of anilines is 1. The van der Waals surface area contributed by atoms with Crippen LogP contribution in [0.4, 0.5) is 18.9 Å². The Morgan fingerprint density at radius 2 is 1.86 bits per heavy atom. The molecule has 0 aliphatic carbocycles. The summed E-state index contributed by atoms with van der Waals surface area (Å²) in [7, 11) is 1.76. The maximum absolute atomic E-state index is 12.3. The lowest BCUT2D eigenvalue weighted by atomic mass is 10.3. The molecule has 0 radical (unpaired) electrons. The van der Waals surface area contributed by atoms with Gasteiger partial charge in [0.1, 0.15) is 6.61 Å². The summed E-state index contributed by atoms with van der Waals surface area (Å²) >= 11 is 0. The number of rotatable bonds is 5. The van der Waals surface area contributed by atoms with Crippen molar-refractivity contribution in [1.82, 2.24) is 4.98 Å². The molecule has 4 nitrogen and oxygen atoms in total. The first kappa shape index (κ1) is 15.0. The summed E-state index contributed by atoms with van der Waals surface area (Å²) in [5, 5.41) is 2.94. The summed E-state index contributed by atoms with van der Waals surface area (Å²) in [4.78, 5) is 4.08. The second kappa shape index (κ2) is 6.34. The van der Waals surface area contributed by atoms with Crippen LogP contribution >= 0.6 is 0 Å². The summed E-state index contributed by atoms with van der Waals surface area (Å²) in [5.74, 6) is -0.374. The first-order chi connectivity index (χ1) is 9.98. The van der Waals surface area contributed by atoms with Gasteiger partial charge in [0, 0.05) is 18.9 Å². The highest BCUT2D eigenvalue weighted by molar-refractivity contribution is 5.43. The van der Waals surface area contributed by atoms with E-state index in [4.69, 9.17) is 4.74 Å². The highest BCUT2D eigenvalue weighted by Gasteiger charge is 2.32. The highest BCUT2D eigenvalue weighted by atomic mass is 19.4. The monoisotopic (exact) mass is 298 g/mol. The molecular weight excluding hydrogens is 285 g/mol. The SMILES string of the molecule is CNc1ccnc(COc2ccccc2OC(F)(F)F)c1. The van der Waals surface area contributed by atoms with Crippen molar-refractivity contribution in [3.63, 3.8) is 0 Å². The third-order valence-electron chi connectivity index (χ3n) is 2.56. The molecule has 7 heteroatoms. The quantitative estimate of drug-likeness (QED) is 0.916. The number of aromatic nitrogens is 1. The Hall–Kier alpha value is -2.44. The summed E-state index contributed by atoms with van der Waals surface area (Å²) in [6.45, 7) is 0.0355. The summed E-state index contributed by atoms with van der Waals surface area (Å²) in [5.41, 5.74) is 1.42. The normalized spacial score (nSPS) is 11.0. The lowest BCUT2D eigenvalue weighted by Crippen LogP contribution is -2.17. The molecule has 2 rings (SSSR count). The molecule has 112 valence electrons. The molecule has 1 N–H and O–H groups in total. The number of ether oxygens (including phenoxy) is 2. The van der Waals surface area contributed by atoms with Crippen LogP contribution in [-0.4, -0.2) is 18.4 Å². The van der Waals surface area contributed by atoms with Crippen molar-refractivity contribution < 1.29 is 22.6 Å². The topological polar surface area (TPSA) is 43.4 Å². The third kappa shape index (κ3) is 4.55. The molecular formula is C14H13F3N2O2. The van der Waals surface area contributed by atoms with Gasteiger partial charge in [-0.15, -0.1) is 13.2 Å². The first-order valence-corrected chi connectivity index (χ1v) is 6.08. The van der Waals surface area contributed by atoms with E-state index < -0.39 is 6.36 Å². The predicted molar refractivity (Wildman–Crippen MR) is 71.2 cm³/mol. The minimum atomic E-state index is -4.76. The van der Waals surface area contributed by atoms with E-state index in [0.717, 1.165) is 5.69 Å². The molecule has 1 heterocycles. The van der Waals surface area contributed by atoms with E-state index in [-0.39, 0.29) is 18.1 Å². The number of pyridine rings is 1. The van der Waals surface area contributed by atoms with E-state index >= 15 is 0 Å². The van der Waals surface area contributed by atoms with E-state index in [9.17, 15) is 13.2 Å². The Bertz CT molecular complexity index is 603. The minimum absolute atomic E-state index is 0.00601. The van der Waals surface area contributed by atoms with E-state index in [2.05, 4.69) is 15.0 Å². The predicted octanol–water partition coefficient (Wildman–Crippen LogP) is 3.60. The average molecular weight is 298 g/mol. The van der Waals surface area contributed by atoms with E-state index in [1.54, 1.807) is 31.4 Å². The van der Waals surface area contributed by atoms with Gasteiger partial charge in [-0.3, -0.25) is 4.98 Å². The fraction of sp³-hybridized carbons (Fsp3) is 0.214. The number of halogens is 3. The van der Waals surface area contributed by atoms with Crippen LogP contribution in [0.3, 0.4) is 0 Å². The molecule has 21 heavy (non-hydrogen) atoms. The van der Waals surface area contributed by atoms with Crippen molar-refractivity contribution in [2.75, 3.05) is 12.4 Å². The summed E-state index contributed by atoms with van der Waals surface area (Å²) < 4.78 is 46.1. The number of alkyl halides is 3. The zero-order valence-electron chi connectivity index (χ0n) is 11.1. The molecule has 0 atom stereocenters. The van der Waals surface area contributed by atoms with Crippen molar-refractivity contribution in [3.8, 4) is 11.5 Å². The fourth-order valence-electron chi connectivity index (χ4n) is 1.64. The van der Waals surface area contributed by atoms with Gasteiger partial charge in [0.2, 0.25) is 0 Å². The van der Waals surface area contributed by atoms with Crippen LogP contribution in [0.15, 0.2) is 42.6 Å². The van der Waals surface area contributed by atoms with Gasteiger partial charge in [0.05, 0.1) is 5.69 Å². The van der Waals surface area contributed by atoms with Gasteiger partial charge in [-0.1, -0.05) is 12.1 Å². The van der Waals surface area contributed by atoms with E-state index in [1.165, 1.54) is 18.2 Å². The van der Waals surface area contributed by atoms with Gasteiger partial charge in [-0.2, -0.15) is 0 Å². The fourth-order valence-corrected chi connectivity index (χ4v) is 1.64. The minimum Gasteiger partial charge on any atom is -0.483 e. The zero-order chi connectivity index (χ0) is 15.3. The Kier molecular flexibility index (Phi) is 4.52. The molecule has 0 bridgehead atoms. The molecule has 0 aliphatic heterocycles. The number of hydrogen-bond donors (Lipinski definition) is 1. The van der Waals surface area contributed by atoms with Crippen molar-refractivity contribution in [1.29, 1.82) is 0 Å². The van der Waals surface area contributed by atoms with Gasteiger partial charge >= 0.3 is 6.36 Å². The maximum atomic E-state index is 12.3. The van der Waals surface area contributed by atoms with Crippen molar-refractivity contribution >= 4 is 5.69 Å². The molecule has 2 aromatic rings. The molecule has 0 amide bonds. The number of benzene rings is 1. The lowest BCUT2D eigenvalue weighted by Gasteiger charge is -2.13. The van der Waals surface area contributed by atoms with E-state index in [1.807, 2.05) is 0 Å². The number of para-hydroxylation sites is 2. The second-order valence-corrected chi connectivity index (χ2v) is 4.07. The Labute approximate surface area is 119 Å². The largest absolute Gasteiger partial charge is 0.573 e. The van der Waals surface area contributed by atoms with Crippen LogP contribution in [0.25, 0.3) is 0 Å². The molecule has 0 saturated carbocycles. The molecule has 0 spiro atoms. The van der Waals surface area contributed by atoms with Crippen molar-refractivity contribution in [2.45, 2.75) is 13.0 Å². The van der Waals surface area contributed by atoms with Gasteiger partial charge < -0.3 is 14.8 Å². The smallest absolute Gasteiger partial charge is 0.483 e. The highest BCUT2D eigenvalue weighted by Crippen LogP contribution is 2.32. The second-order valence-electron chi connectivity index (χ2n) is 4.07.